The molecule has 18 nitrogen and oxygen atoms in total. The minimum atomic E-state index is -0.981. The fourth-order valence-electron chi connectivity index (χ4n) is 9.82. The number of rotatable bonds is 42. The number of thiazole rings is 1. The molecule has 3 rings (SSSR count). The molecule has 3 aromatic rings. The van der Waals surface area contributed by atoms with Crippen molar-refractivity contribution in [3.8, 4) is 0 Å². The number of benzene rings is 2. The normalized spacial score (nSPS) is 14.5. The Kier molecular flexibility index (Phi) is 31.6. The number of carbonyl (C=O) groups excluding carboxylic acids is 9. The highest BCUT2D eigenvalue weighted by atomic mass is 32.1. The number of unbranched alkanes of at least 4 members (excludes halogenated alkanes) is 2. The highest BCUT2D eigenvalue weighted by Gasteiger charge is 2.40. The summed E-state index contributed by atoms with van der Waals surface area (Å²) in [4.78, 5) is 128. The van der Waals surface area contributed by atoms with Gasteiger partial charge in [-0.05, 0) is 96.1 Å². The third-order valence-corrected chi connectivity index (χ3v) is 16.9. The van der Waals surface area contributed by atoms with Gasteiger partial charge in [-0.25, -0.2) is 4.98 Å². The molecule has 0 aliphatic carbocycles. The Morgan fingerprint density at radius 1 is 0.821 bits per heavy atom. The highest BCUT2D eigenvalue weighted by Crippen LogP contribution is 2.35. The molecule has 0 saturated carbocycles. The lowest BCUT2D eigenvalue weighted by atomic mass is 9.81. The molecule has 1 aromatic heterocycles. The Morgan fingerprint density at radius 2 is 1.49 bits per heavy atom. The zero-order valence-electron chi connectivity index (χ0n) is 52.5. The predicted molar refractivity (Wildman–Crippen MR) is 326 cm³/mol. The molecule has 84 heavy (non-hydrogen) atoms. The molecular formula is C65H97N5O13S. The van der Waals surface area contributed by atoms with Gasteiger partial charge in [0, 0.05) is 106 Å². The van der Waals surface area contributed by atoms with Gasteiger partial charge in [0.1, 0.15) is 35.0 Å². The summed E-state index contributed by atoms with van der Waals surface area (Å²) in [6.07, 6.45) is 3.24. The van der Waals surface area contributed by atoms with Crippen molar-refractivity contribution in [3.05, 3.63) is 81.3 Å². The molecule has 0 fully saturated rings. The maximum atomic E-state index is 15.5. The molecule has 0 aliphatic rings. The van der Waals surface area contributed by atoms with Gasteiger partial charge in [-0.2, -0.15) is 0 Å². The fourth-order valence-corrected chi connectivity index (χ4v) is 10.7. The average molecular weight is 1190 g/mol. The summed E-state index contributed by atoms with van der Waals surface area (Å²) in [5.74, 6) is -4.33. The van der Waals surface area contributed by atoms with Crippen LogP contribution in [-0.4, -0.2) is 133 Å². The molecule has 19 heteroatoms. The standard InChI is InChI=1S/C65H97N5O13S/c1-15-44(6)55(36-60(76)65(10,11)69(12)13)64(79)70(38-49-26-28-51(29-27-49)66-61(77)45(7)32-58(75)50(35-53(73)16-2)20-18-17-19-21-54(74)39-81-31-30-80-14)57(42(3)4)37-59(83-47(9)72)63-68-56(40-84-63)62(78)67-52(33-46(8)82-41-71)34-48-24-22-43(5)23-25-48/h22-29,40-42,44-46,50,52,55,57,59H,15-21,30-39H2,1-14H3,(H,66,77)(H,67,78)/t44?,45?,46?,50?,52-,55+,57-,59-/m1/s1. The number of likely N-dealkylation sites (N-methyl/N-ethyl adjacent to an activating group) is 1. The number of methoxy groups -OCH3 is 1. The third kappa shape index (κ3) is 24.5. The summed E-state index contributed by atoms with van der Waals surface area (Å²) in [7, 11) is 5.23. The van der Waals surface area contributed by atoms with Crippen LogP contribution in [0, 0.1) is 36.5 Å². The first-order valence-electron chi connectivity index (χ1n) is 29.9. The summed E-state index contributed by atoms with van der Waals surface area (Å²) >= 11 is 1.16. The third-order valence-electron chi connectivity index (χ3n) is 16.0. The fraction of sp³-hybridized carbons (Fsp3) is 0.631. The SMILES string of the molecule is CCC(=O)CC(CCCCCC(=O)COCCOC)C(=O)CC(C)C(=O)Nc1ccc(CN(C(=O)[C@@H](CC(=O)C(C)(C)N(C)C)C(C)CC)[C@H](C[C@@H](OC(C)=O)c2nc(C(=O)N[C@@H](Cc3ccc(C)cc3)CC(C)OC=O)cs2)C(C)C)cc1. The van der Waals surface area contributed by atoms with E-state index in [0.29, 0.717) is 93.7 Å². The van der Waals surface area contributed by atoms with Crippen LogP contribution in [-0.2, 0) is 70.3 Å². The quantitative estimate of drug-likeness (QED) is 0.0305. The second-order valence-electron chi connectivity index (χ2n) is 23.6. The number of carbonyl (C=O) groups is 9. The lowest BCUT2D eigenvalue weighted by Crippen LogP contribution is -2.50. The van der Waals surface area contributed by atoms with Gasteiger partial charge in [-0.3, -0.25) is 48.1 Å². The molecule has 466 valence electrons. The first-order valence-corrected chi connectivity index (χ1v) is 30.7. The molecule has 0 spiro atoms. The van der Waals surface area contributed by atoms with Crippen LogP contribution in [0.25, 0.3) is 0 Å². The molecular weight excluding hydrogens is 1090 g/mol. The van der Waals surface area contributed by atoms with Crippen LogP contribution in [0.2, 0.25) is 0 Å². The van der Waals surface area contributed by atoms with Gasteiger partial charge in [0.15, 0.2) is 17.7 Å². The Bertz CT molecular complexity index is 2580. The summed E-state index contributed by atoms with van der Waals surface area (Å²) in [6.45, 7) is 21.3. The van der Waals surface area contributed by atoms with Gasteiger partial charge < -0.3 is 34.5 Å². The lowest BCUT2D eigenvalue weighted by molar-refractivity contribution is -0.151. The van der Waals surface area contributed by atoms with Crippen molar-refractivity contribution in [1.29, 1.82) is 0 Å². The molecule has 4 unspecified atom stereocenters. The van der Waals surface area contributed by atoms with Crippen molar-refractivity contribution in [1.82, 2.24) is 20.1 Å². The highest BCUT2D eigenvalue weighted by molar-refractivity contribution is 7.09. The Morgan fingerprint density at radius 3 is 2.08 bits per heavy atom. The monoisotopic (exact) mass is 1190 g/mol. The summed E-state index contributed by atoms with van der Waals surface area (Å²) < 4.78 is 21.5. The molecule has 0 aliphatic heterocycles. The number of nitrogens with one attached hydrogen (secondary N) is 2. The smallest absolute Gasteiger partial charge is 0.303 e. The molecule has 2 aromatic carbocycles. The van der Waals surface area contributed by atoms with E-state index in [1.54, 1.807) is 50.3 Å². The zero-order valence-corrected chi connectivity index (χ0v) is 53.4. The number of amides is 3. The molecule has 0 saturated heterocycles. The van der Waals surface area contributed by atoms with E-state index in [0.717, 1.165) is 22.5 Å². The molecule has 3 amide bonds. The topological polar surface area (TPSA) is 234 Å². The number of hydrogen-bond donors (Lipinski definition) is 2. The predicted octanol–water partition coefficient (Wildman–Crippen LogP) is 10.5. The van der Waals surface area contributed by atoms with Gasteiger partial charge in [0.05, 0.1) is 18.8 Å². The van der Waals surface area contributed by atoms with E-state index in [4.69, 9.17) is 23.9 Å². The minimum Gasteiger partial charge on any atom is -0.465 e. The number of hydrogen-bond acceptors (Lipinski definition) is 16. The molecule has 8 atom stereocenters. The van der Waals surface area contributed by atoms with Crippen LogP contribution in [0.3, 0.4) is 0 Å². The van der Waals surface area contributed by atoms with Crippen LogP contribution in [0.4, 0.5) is 5.69 Å². The van der Waals surface area contributed by atoms with Gasteiger partial charge in [0.2, 0.25) is 11.8 Å². The van der Waals surface area contributed by atoms with Gasteiger partial charge in [0.25, 0.3) is 12.4 Å². The number of ether oxygens (including phenoxy) is 4. The van der Waals surface area contributed by atoms with E-state index >= 15 is 4.79 Å². The molecule has 0 bridgehead atoms. The van der Waals surface area contributed by atoms with Gasteiger partial charge in [-0.1, -0.05) is 103 Å². The lowest BCUT2D eigenvalue weighted by Gasteiger charge is -2.40. The van der Waals surface area contributed by atoms with E-state index in [2.05, 4.69) is 10.6 Å². The van der Waals surface area contributed by atoms with Crippen LogP contribution in [0.15, 0.2) is 53.9 Å². The van der Waals surface area contributed by atoms with Crippen molar-refractivity contribution in [2.75, 3.05) is 46.3 Å². The Balaban J connectivity index is 1.94. The number of aryl methyl sites for hydroxylation is 1. The van der Waals surface area contributed by atoms with E-state index in [-0.39, 0.29) is 91.3 Å². The first kappa shape index (κ1) is 72.2. The maximum absolute atomic E-state index is 15.5. The van der Waals surface area contributed by atoms with Crippen molar-refractivity contribution < 1.29 is 62.1 Å². The van der Waals surface area contributed by atoms with E-state index < -0.39 is 59.5 Å². The molecule has 1 heterocycles. The number of Topliss-reactive ketones (excluding diaryl/α,β-unsaturated/α-hetero) is 4. The van der Waals surface area contributed by atoms with E-state index in [9.17, 15) is 38.4 Å². The average Bonchev–Trinajstić information content (AvgIpc) is 3.19. The maximum Gasteiger partial charge on any atom is 0.303 e. The van der Waals surface area contributed by atoms with Crippen molar-refractivity contribution in [2.45, 2.75) is 196 Å². The van der Waals surface area contributed by atoms with Crippen molar-refractivity contribution in [3.63, 3.8) is 0 Å². The number of nitrogens with zero attached hydrogens (tertiary/aromatic N) is 3. The van der Waals surface area contributed by atoms with Crippen molar-refractivity contribution >= 4 is 70.3 Å². The second kappa shape index (κ2) is 36.7. The minimum absolute atomic E-state index is 0.00292. The zero-order chi connectivity index (χ0) is 62.7. The number of ketones is 4. The first-order chi connectivity index (χ1) is 39.7. The number of anilines is 1. The van der Waals surface area contributed by atoms with Crippen molar-refractivity contribution in [2.24, 2.45) is 29.6 Å². The Hall–Kier alpha value is -6.02. The molecule has 0 radical (unpaired) electrons. The summed E-state index contributed by atoms with van der Waals surface area (Å²) in [6, 6.07) is 14.0. The molecule has 2 N–H and O–H groups in total. The number of aromatic nitrogens is 1. The summed E-state index contributed by atoms with van der Waals surface area (Å²) in [5, 5.41) is 7.97. The summed E-state index contributed by atoms with van der Waals surface area (Å²) in [5.41, 5.74) is 2.50. The largest absolute Gasteiger partial charge is 0.465 e. The van der Waals surface area contributed by atoms with Gasteiger partial charge in [-0.15, -0.1) is 11.3 Å². The number of esters is 1. The van der Waals surface area contributed by atoms with Crippen LogP contribution < -0.4 is 10.6 Å². The van der Waals surface area contributed by atoms with Gasteiger partial charge >= 0.3 is 5.97 Å². The second-order valence-corrected chi connectivity index (χ2v) is 24.5. The van der Waals surface area contributed by atoms with Crippen LogP contribution >= 0.6 is 11.3 Å². The van der Waals surface area contributed by atoms with Crippen LogP contribution in [0.1, 0.15) is 185 Å². The van der Waals surface area contributed by atoms with E-state index in [1.165, 1.54) is 6.92 Å². The van der Waals surface area contributed by atoms with Crippen LogP contribution in [0.5, 0.6) is 0 Å². The van der Waals surface area contributed by atoms with E-state index in [1.807, 2.05) is 104 Å². The Labute approximate surface area is 503 Å².